The smallest absolute Gasteiger partial charge is 0.0465 e. The summed E-state index contributed by atoms with van der Waals surface area (Å²) in [5.74, 6) is 2.14. The van der Waals surface area contributed by atoms with E-state index in [1.807, 2.05) is 0 Å². The Morgan fingerprint density at radius 1 is 0.353 bits per heavy atom. The Morgan fingerprint density at radius 2 is 0.853 bits per heavy atom. The molecule has 0 spiro atoms. The minimum Gasteiger partial charge on any atom is -0.310 e. The van der Waals surface area contributed by atoms with E-state index >= 15 is 0 Å². The average Bonchev–Trinajstić information content (AvgIpc) is 3.64. The van der Waals surface area contributed by atoms with E-state index in [-0.39, 0.29) is 5.41 Å². The van der Waals surface area contributed by atoms with E-state index < -0.39 is 0 Å². The number of fused-ring (bicyclic) bond motifs is 4. The van der Waals surface area contributed by atoms with Gasteiger partial charge in [-0.3, -0.25) is 0 Å². The van der Waals surface area contributed by atoms with Gasteiger partial charge >= 0.3 is 0 Å². The molecule has 344 valence electrons. The topological polar surface area (TPSA) is 3.24 Å². The van der Waals surface area contributed by atoms with Crippen LogP contribution in [-0.4, -0.2) is 0 Å². The van der Waals surface area contributed by atoms with Gasteiger partial charge < -0.3 is 4.90 Å². The molecule has 0 saturated heterocycles. The zero-order valence-corrected chi connectivity index (χ0v) is 41.0. The van der Waals surface area contributed by atoms with Crippen molar-refractivity contribution in [3.63, 3.8) is 0 Å². The molecule has 0 amide bonds. The van der Waals surface area contributed by atoms with Gasteiger partial charge in [0.15, 0.2) is 0 Å². The highest BCUT2D eigenvalue weighted by atomic mass is 15.1. The van der Waals surface area contributed by atoms with Gasteiger partial charge in [0, 0.05) is 22.5 Å². The molecular weight excluding hydrogens is 819 g/mol. The minimum absolute atomic E-state index is 0.0810. The van der Waals surface area contributed by atoms with Crippen LogP contribution in [0, 0.1) is 0 Å². The average molecular weight is 890 g/mol. The molecule has 7 aromatic carbocycles. The van der Waals surface area contributed by atoms with E-state index in [0.717, 1.165) is 12.3 Å². The Kier molecular flexibility index (Phi) is 12.0. The highest BCUT2D eigenvalue weighted by Crippen LogP contribution is 2.51. The number of rotatable bonds is 9. The van der Waals surface area contributed by atoms with E-state index in [1.165, 1.54) is 194 Å². The maximum absolute atomic E-state index is 2.66. The summed E-state index contributed by atoms with van der Waals surface area (Å²) < 4.78 is 0. The zero-order chi connectivity index (χ0) is 45.6. The molecule has 0 aromatic heterocycles. The summed E-state index contributed by atoms with van der Waals surface area (Å²) in [5, 5.41) is 0. The molecule has 1 nitrogen and oxygen atoms in total. The summed E-state index contributed by atoms with van der Waals surface area (Å²) in [7, 11) is 0. The lowest BCUT2D eigenvalue weighted by Gasteiger charge is -2.29. The lowest BCUT2D eigenvalue weighted by atomic mass is 9.78. The van der Waals surface area contributed by atoms with Crippen molar-refractivity contribution in [2.45, 2.75) is 159 Å². The Balaban J connectivity index is 0.920. The highest BCUT2D eigenvalue weighted by molar-refractivity contribution is 5.87. The van der Waals surface area contributed by atoms with Crippen LogP contribution in [0.25, 0.3) is 44.5 Å². The predicted octanol–water partition coefficient (Wildman–Crippen LogP) is 19.5. The van der Waals surface area contributed by atoms with Crippen LogP contribution in [0.2, 0.25) is 0 Å². The molecule has 68 heavy (non-hydrogen) atoms. The first-order valence-corrected chi connectivity index (χ1v) is 27.1. The monoisotopic (exact) mass is 890 g/mol. The number of benzene rings is 7. The molecule has 12 rings (SSSR count). The maximum atomic E-state index is 2.66. The van der Waals surface area contributed by atoms with Gasteiger partial charge in [0.1, 0.15) is 0 Å². The number of aryl methyl sites for hydroxylation is 1. The van der Waals surface area contributed by atoms with Gasteiger partial charge in [-0.2, -0.15) is 0 Å². The van der Waals surface area contributed by atoms with Gasteiger partial charge in [-0.1, -0.05) is 175 Å². The zero-order valence-electron chi connectivity index (χ0n) is 41.0. The summed E-state index contributed by atoms with van der Waals surface area (Å²) in [4.78, 5) is 2.49. The largest absolute Gasteiger partial charge is 0.310 e. The molecule has 0 bridgehead atoms. The minimum atomic E-state index is -0.0810. The first-order chi connectivity index (χ1) is 33.4. The van der Waals surface area contributed by atoms with Gasteiger partial charge in [0.2, 0.25) is 0 Å². The second kappa shape index (κ2) is 18.7. The quantitative estimate of drug-likeness (QED) is 0.140. The number of hydrogen-bond acceptors (Lipinski definition) is 1. The van der Waals surface area contributed by atoms with E-state index in [2.05, 4.69) is 164 Å². The van der Waals surface area contributed by atoms with Crippen molar-refractivity contribution in [2.24, 2.45) is 0 Å². The Labute approximate surface area is 408 Å². The normalized spacial score (nSPS) is 18.4. The fraction of sp³-hybridized carbons (Fsp3) is 0.373. The van der Waals surface area contributed by atoms with E-state index in [9.17, 15) is 0 Å². The standard InChI is InChI=1S/C67H71N/c1-67(2)65-25-15-14-24-62(65)63-39-38-60(45-66(63)67)68(58-34-30-51(31-35-58)50-28-26-49(27-29-50)46-16-6-3-7-17-46)59-36-32-52(33-37-59)64-44-57(40-53-22-12-13-23-61(53)64)56-42-54(47-18-8-4-9-19-47)41-55(43-56)48-20-10-5-11-21-48/h14-15,24-48H,3-13,16-23H2,1-2H3. The SMILES string of the molecule is CC1(C)c2ccccc2-c2ccc(N(c3ccc(-c4ccc(C5CCCCC5)cc4)cc3)c3ccc(-c4cc(-c5cc(C6CCCCC6)cc(C6CCCCC6)c5)cc5c4CCCC5)cc3)cc21. The second-order valence-corrected chi connectivity index (χ2v) is 22.2. The molecule has 5 aliphatic carbocycles. The highest BCUT2D eigenvalue weighted by Gasteiger charge is 2.36. The van der Waals surface area contributed by atoms with Crippen molar-refractivity contribution < 1.29 is 0 Å². The lowest BCUT2D eigenvalue weighted by Crippen LogP contribution is -2.16. The third kappa shape index (κ3) is 8.37. The van der Waals surface area contributed by atoms with Crippen molar-refractivity contribution in [2.75, 3.05) is 4.90 Å². The van der Waals surface area contributed by atoms with Crippen molar-refractivity contribution >= 4 is 17.1 Å². The predicted molar refractivity (Wildman–Crippen MR) is 289 cm³/mol. The Hall–Kier alpha value is -5.66. The van der Waals surface area contributed by atoms with Gasteiger partial charge in [0.25, 0.3) is 0 Å². The molecule has 3 fully saturated rings. The van der Waals surface area contributed by atoms with Crippen LogP contribution in [0.1, 0.15) is 180 Å². The fourth-order valence-corrected chi connectivity index (χ4v) is 13.7. The summed E-state index contributed by atoms with van der Waals surface area (Å²) >= 11 is 0. The molecule has 1 heteroatoms. The molecule has 0 atom stereocenters. The molecule has 0 heterocycles. The molecular formula is C67H71N. The van der Waals surface area contributed by atoms with Crippen LogP contribution in [0.4, 0.5) is 17.1 Å². The van der Waals surface area contributed by atoms with Crippen molar-refractivity contribution in [1.29, 1.82) is 0 Å². The van der Waals surface area contributed by atoms with Crippen LogP contribution >= 0.6 is 0 Å². The van der Waals surface area contributed by atoms with E-state index in [1.54, 1.807) is 22.3 Å². The summed E-state index contributed by atoms with van der Waals surface area (Å²) in [6, 6.07) is 57.8. The maximum Gasteiger partial charge on any atom is 0.0465 e. The molecule has 5 aliphatic rings. The first kappa shape index (κ1) is 43.6. The first-order valence-electron chi connectivity index (χ1n) is 27.1. The summed E-state index contributed by atoms with van der Waals surface area (Å²) in [6.45, 7) is 4.79. The number of anilines is 3. The van der Waals surface area contributed by atoms with Gasteiger partial charge in [0.05, 0.1) is 0 Å². The van der Waals surface area contributed by atoms with Gasteiger partial charge in [-0.25, -0.2) is 0 Å². The summed E-state index contributed by atoms with van der Waals surface area (Å²) in [5.41, 5.74) is 25.1. The Bertz CT molecular complexity index is 2860. The number of hydrogen-bond donors (Lipinski definition) is 0. The number of nitrogens with zero attached hydrogens (tertiary/aromatic N) is 1. The molecule has 0 aliphatic heterocycles. The van der Waals surface area contributed by atoms with E-state index in [4.69, 9.17) is 0 Å². The van der Waals surface area contributed by atoms with Crippen LogP contribution in [0.15, 0.2) is 146 Å². The molecule has 0 N–H and O–H groups in total. The second-order valence-electron chi connectivity index (χ2n) is 22.2. The van der Waals surface area contributed by atoms with Crippen molar-refractivity contribution in [3.05, 3.63) is 185 Å². The Morgan fingerprint density at radius 3 is 1.47 bits per heavy atom. The molecule has 7 aromatic rings. The third-order valence-electron chi connectivity index (χ3n) is 17.6. The fourth-order valence-electron chi connectivity index (χ4n) is 13.7. The van der Waals surface area contributed by atoms with Crippen LogP contribution < -0.4 is 4.90 Å². The van der Waals surface area contributed by atoms with Crippen molar-refractivity contribution in [3.8, 4) is 44.5 Å². The van der Waals surface area contributed by atoms with Crippen LogP contribution in [0.3, 0.4) is 0 Å². The van der Waals surface area contributed by atoms with Gasteiger partial charge in [-0.05, 0) is 208 Å². The van der Waals surface area contributed by atoms with Crippen LogP contribution in [-0.2, 0) is 18.3 Å². The van der Waals surface area contributed by atoms with Crippen molar-refractivity contribution in [1.82, 2.24) is 0 Å². The molecule has 0 unspecified atom stereocenters. The lowest BCUT2D eigenvalue weighted by molar-refractivity contribution is 0.435. The summed E-state index contributed by atoms with van der Waals surface area (Å²) in [6.07, 6.45) is 25.4. The van der Waals surface area contributed by atoms with E-state index in [0.29, 0.717) is 11.8 Å². The molecule has 0 radical (unpaired) electrons. The van der Waals surface area contributed by atoms with Gasteiger partial charge in [-0.15, -0.1) is 0 Å². The van der Waals surface area contributed by atoms with Crippen LogP contribution in [0.5, 0.6) is 0 Å². The molecule has 3 saturated carbocycles. The third-order valence-corrected chi connectivity index (χ3v) is 17.6.